The summed E-state index contributed by atoms with van der Waals surface area (Å²) in [5.74, 6) is 7.25. The van der Waals surface area contributed by atoms with Gasteiger partial charge in [0.15, 0.2) is 0 Å². The number of β-amino-alcohol motifs (C(OH)–C–C–N with tert-alkyl or cyclic N) is 1. The molecule has 0 radical (unpaired) electrons. The van der Waals surface area contributed by atoms with Crippen molar-refractivity contribution in [2.45, 2.75) is 44.6 Å². The lowest BCUT2D eigenvalue weighted by Crippen LogP contribution is -2.45. The number of hydrogen-bond acceptors (Lipinski definition) is 4. The van der Waals surface area contributed by atoms with E-state index in [1.165, 1.54) is 12.8 Å². The van der Waals surface area contributed by atoms with E-state index in [-0.39, 0.29) is 12.1 Å². The minimum Gasteiger partial charge on any atom is -0.493 e. The molecule has 1 heterocycles. The first-order valence-electron chi connectivity index (χ1n) is 11.9. The fourth-order valence-corrected chi connectivity index (χ4v) is 4.68. The summed E-state index contributed by atoms with van der Waals surface area (Å²) < 4.78 is 6.11. The number of hydrogen-bond donors (Lipinski definition) is 2. The summed E-state index contributed by atoms with van der Waals surface area (Å²) in [5, 5.41) is 13.4. The Morgan fingerprint density at radius 3 is 2.47 bits per heavy atom. The molecule has 1 fully saturated rings. The molecule has 1 aromatic heterocycles. The van der Waals surface area contributed by atoms with Crippen LogP contribution in [-0.4, -0.2) is 35.4 Å². The highest BCUT2D eigenvalue weighted by Gasteiger charge is 2.32. The van der Waals surface area contributed by atoms with E-state index in [4.69, 9.17) is 16.3 Å². The molecule has 4 rings (SSSR count). The predicted octanol–water partition coefficient (Wildman–Crippen LogP) is 5.77. The second kappa shape index (κ2) is 11.5. The lowest BCUT2D eigenvalue weighted by molar-refractivity contribution is 0.205. The SMILES string of the molecule is Cc1cc(C#Cc2ccc(-c3ccc(Cl)cc3)cn2)ccc1OCCC1(NCCO)CCCC1. The Hall–Kier alpha value is -2.84. The van der Waals surface area contributed by atoms with Crippen LogP contribution in [0, 0.1) is 18.8 Å². The van der Waals surface area contributed by atoms with Crippen molar-refractivity contribution < 1.29 is 9.84 Å². The Morgan fingerprint density at radius 2 is 1.79 bits per heavy atom. The highest BCUT2D eigenvalue weighted by molar-refractivity contribution is 6.30. The van der Waals surface area contributed by atoms with E-state index in [1.807, 2.05) is 54.7 Å². The molecule has 0 bridgehead atoms. The van der Waals surface area contributed by atoms with Crippen LogP contribution in [0.5, 0.6) is 5.75 Å². The maximum atomic E-state index is 9.18. The van der Waals surface area contributed by atoms with Crippen LogP contribution in [0.4, 0.5) is 0 Å². The van der Waals surface area contributed by atoms with Gasteiger partial charge in [-0.15, -0.1) is 0 Å². The van der Waals surface area contributed by atoms with Gasteiger partial charge in [0.2, 0.25) is 0 Å². The quantitative estimate of drug-likeness (QED) is 0.407. The highest BCUT2D eigenvalue weighted by Crippen LogP contribution is 2.33. The zero-order chi connectivity index (χ0) is 23.8. The molecule has 34 heavy (non-hydrogen) atoms. The first-order valence-corrected chi connectivity index (χ1v) is 12.3. The fraction of sp³-hybridized carbons (Fsp3) is 0.345. The second-order valence-corrected chi connectivity index (χ2v) is 9.34. The number of halogens is 1. The third-order valence-corrected chi connectivity index (χ3v) is 6.71. The van der Waals surface area contributed by atoms with E-state index in [0.29, 0.717) is 13.2 Å². The van der Waals surface area contributed by atoms with Gasteiger partial charge in [0.05, 0.1) is 13.2 Å². The van der Waals surface area contributed by atoms with Gasteiger partial charge in [-0.05, 0) is 79.6 Å². The summed E-state index contributed by atoms with van der Waals surface area (Å²) in [7, 11) is 0. The molecule has 1 aliphatic carbocycles. The molecule has 176 valence electrons. The molecule has 0 saturated heterocycles. The van der Waals surface area contributed by atoms with Crippen molar-refractivity contribution >= 4 is 11.6 Å². The molecule has 3 aromatic rings. The summed E-state index contributed by atoms with van der Waals surface area (Å²) in [5.41, 5.74) is 4.95. The fourth-order valence-electron chi connectivity index (χ4n) is 4.55. The van der Waals surface area contributed by atoms with Gasteiger partial charge in [0.25, 0.3) is 0 Å². The molecule has 4 nitrogen and oxygen atoms in total. The second-order valence-electron chi connectivity index (χ2n) is 8.91. The van der Waals surface area contributed by atoms with Crippen LogP contribution in [0.3, 0.4) is 0 Å². The van der Waals surface area contributed by atoms with Crippen LogP contribution in [0.2, 0.25) is 5.02 Å². The number of ether oxygens (including phenoxy) is 1. The van der Waals surface area contributed by atoms with Crippen molar-refractivity contribution in [1.82, 2.24) is 10.3 Å². The molecular weight excluding hydrogens is 444 g/mol. The Bertz CT molecular complexity index is 1140. The number of pyridine rings is 1. The molecule has 0 atom stereocenters. The monoisotopic (exact) mass is 474 g/mol. The lowest BCUT2D eigenvalue weighted by atomic mass is 9.93. The van der Waals surface area contributed by atoms with Crippen LogP contribution >= 0.6 is 11.6 Å². The van der Waals surface area contributed by atoms with Gasteiger partial charge in [-0.25, -0.2) is 4.98 Å². The van der Waals surface area contributed by atoms with E-state index in [9.17, 15) is 5.11 Å². The summed E-state index contributed by atoms with van der Waals surface area (Å²) in [4.78, 5) is 4.49. The molecule has 5 heteroatoms. The topological polar surface area (TPSA) is 54.4 Å². The summed E-state index contributed by atoms with van der Waals surface area (Å²) >= 11 is 5.97. The molecule has 0 aliphatic heterocycles. The number of aliphatic hydroxyl groups excluding tert-OH is 1. The van der Waals surface area contributed by atoms with E-state index in [2.05, 4.69) is 35.1 Å². The van der Waals surface area contributed by atoms with Crippen molar-refractivity contribution in [3.05, 3.63) is 82.6 Å². The van der Waals surface area contributed by atoms with Crippen molar-refractivity contribution in [3.63, 3.8) is 0 Å². The normalized spacial score (nSPS) is 14.4. The van der Waals surface area contributed by atoms with Crippen LogP contribution < -0.4 is 10.1 Å². The minimum absolute atomic E-state index is 0.109. The predicted molar refractivity (Wildman–Crippen MR) is 138 cm³/mol. The van der Waals surface area contributed by atoms with E-state index < -0.39 is 0 Å². The smallest absolute Gasteiger partial charge is 0.122 e. The van der Waals surface area contributed by atoms with Crippen LogP contribution in [-0.2, 0) is 0 Å². The van der Waals surface area contributed by atoms with E-state index >= 15 is 0 Å². The third kappa shape index (κ3) is 6.39. The van der Waals surface area contributed by atoms with Crippen LogP contribution in [0.25, 0.3) is 11.1 Å². The maximum Gasteiger partial charge on any atom is 0.122 e. The molecule has 1 saturated carbocycles. The Kier molecular flexibility index (Phi) is 8.24. The zero-order valence-electron chi connectivity index (χ0n) is 19.6. The average Bonchev–Trinajstić information content (AvgIpc) is 3.32. The Balaban J connectivity index is 1.35. The van der Waals surface area contributed by atoms with Crippen molar-refractivity contribution in [2.75, 3.05) is 19.8 Å². The van der Waals surface area contributed by atoms with Gasteiger partial charge >= 0.3 is 0 Å². The van der Waals surface area contributed by atoms with Crippen molar-refractivity contribution in [1.29, 1.82) is 0 Å². The number of nitrogens with one attached hydrogen (secondary N) is 1. The van der Waals surface area contributed by atoms with Gasteiger partial charge in [-0.1, -0.05) is 48.6 Å². The Labute approximate surface area is 207 Å². The van der Waals surface area contributed by atoms with Gasteiger partial charge < -0.3 is 15.2 Å². The largest absolute Gasteiger partial charge is 0.493 e. The molecular formula is C29H31ClN2O2. The van der Waals surface area contributed by atoms with Gasteiger partial charge in [0.1, 0.15) is 11.4 Å². The summed E-state index contributed by atoms with van der Waals surface area (Å²) in [6, 6.07) is 17.7. The summed E-state index contributed by atoms with van der Waals surface area (Å²) in [6.07, 6.45) is 7.57. The number of benzene rings is 2. The Morgan fingerprint density at radius 1 is 1.03 bits per heavy atom. The van der Waals surface area contributed by atoms with Crippen molar-refractivity contribution in [3.8, 4) is 28.7 Å². The van der Waals surface area contributed by atoms with Gasteiger partial charge in [-0.3, -0.25) is 0 Å². The minimum atomic E-state index is 0.109. The number of nitrogens with zero attached hydrogens (tertiary/aromatic N) is 1. The number of aryl methyl sites for hydroxylation is 1. The molecule has 2 N–H and O–H groups in total. The number of rotatable bonds is 8. The molecule has 0 unspecified atom stereocenters. The number of aromatic nitrogens is 1. The molecule has 1 aliphatic rings. The van der Waals surface area contributed by atoms with E-state index in [1.54, 1.807) is 0 Å². The lowest BCUT2D eigenvalue weighted by Gasteiger charge is -2.30. The highest BCUT2D eigenvalue weighted by atomic mass is 35.5. The maximum absolute atomic E-state index is 9.18. The van der Waals surface area contributed by atoms with Crippen molar-refractivity contribution in [2.24, 2.45) is 0 Å². The molecule has 0 amide bonds. The third-order valence-electron chi connectivity index (χ3n) is 6.46. The standard InChI is InChI=1S/C29H31ClN2O2/c1-22-20-23(4-11-27-12-8-25(21-31-27)24-6-9-26(30)10-7-24)5-13-28(22)34-19-16-29(32-17-18-33)14-2-3-15-29/h5-10,12-13,20-21,32-33H,2-3,14-19H2,1H3. The molecule has 0 spiro atoms. The van der Waals surface area contributed by atoms with Gasteiger partial charge in [-0.2, -0.15) is 0 Å². The van der Waals surface area contributed by atoms with E-state index in [0.717, 1.165) is 58.0 Å². The van der Waals surface area contributed by atoms with Gasteiger partial charge in [0, 0.05) is 34.4 Å². The van der Waals surface area contributed by atoms with Crippen LogP contribution in [0.15, 0.2) is 60.8 Å². The first-order chi connectivity index (χ1) is 16.6. The zero-order valence-corrected chi connectivity index (χ0v) is 20.4. The van der Waals surface area contributed by atoms with Crippen LogP contribution in [0.1, 0.15) is 48.9 Å². The molecule has 2 aromatic carbocycles. The summed E-state index contributed by atoms with van der Waals surface area (Å²) in [6.45, 7) is 3.53. The average molecular weight is 475 g/mol. The first kappa shape index (κ1) is 24.3. The number of aliphatic hydroxyl groups is 1.